The van der Waals surface area contributed by atoms with E-state index < -0.39 is 5.97 Å². The van der Waals surface area contributed by atoms with Crippen LogP contribution in [0.5, 0.6) is 0 Å². The standard InChI is InChI=1S/C19H23N3O3/c1-15-5-2-3-12-22(15)18(23)14-25-19(24)17-8-6-16(7-9-17)13-21-11-4-10-20-21/h4,6-11,15H,2-3,5,12-14H2,1H3/t15-/m1/s1. The number of rotatable bonds is 5. The Kier molecular flexibility index (Phi) is 5.48. The number of nitrogens with zero attached hydrogens (tertiary/aromatic N) is 3. The number of aromatic nitrogens is 2. The van der Waals surface area contributed by atoms with E-state index in [-0.39, 0.29) is 18.6 Å². The maximum atomic E-state index is 12.2. The normalized spacial score (nSPS) is 17.3. The van der Waals surface area contributed by atoms with Crippen molar-refractivity contribution in [1.29, 1.82) is 0 Å². The molecule has 1 aromatic carbocycles. The highest BCUT2D eigenvalue weighted by atomic mass is 16.5. The Hall–Kier alpha value is -2.63. The first-order valence-corrected chi connectivity index (χ1v) is 8.66. The summed E-state index contributed by atoms with van der Waals surface area (Å²) in [6.45, 7) is 3.24. The topological polar surface area (TPSA) is 64.4 Å². The molecule has 25 heavy (non-hydrogen) atoms. The van der Waals surface area contributed by atoms with Gasteiger partial charge >= 0.3 is 5.97 Å². The Labute approximate surface area is 147 Å². The van der Waals surface area contributed by atoms with Crippen LogP contribution in [0.4, 0.5) is 0 Å². The van der Waals surface area contributed by atoms with Crippen LogP contribution in [0.2, 0.25) is 0 Å². The van der Waals surface area contributed by atoms with Gasteiger partial charge in [0.05, 0.1) is 12.1 Å². The Balaban J connectivity index is 1.51. The average molecular weight is 341 g/mol. The van der Waals surface area contributed by atoms with Crippen LogP contribution in [0.3, 0.4) is 0 Å². The molecule has 1 amide bonds. The summed E-state index contributed by atoms with van der Waals surface area (Å²) >= 11 is 0. The Morgan fingerprint density at radius 3 is 2.72 bits per heavy atom. The molecule has 6 nitrogen and oxygen atoms in total. The molecule has 2 heterocycles. The van der Waals surface area contributed by atoms with Crippen LogP contribution in [0, 0.1) is 0 Å². The monoisotopic (exact) mass is 341 g/mol. The zero-order valence-electron chi connectivity index (χ0n) is 14.4. The van der Waals surface area contributed by atoms with Crippen molar-refractivity contribution in [3.63, 3.8) is 0 Å². The van der Waals surface area contributed by atoms with Crippen LogP contribution in [0.1, 0.15) is 42.1 Å². The second-order valence-corrected chi connectivity index (χ2v) is 6.41. The number of likely N-dealkylation sites (tertiary alicyclic amines) is 1. The molecule has 0 spiro atoms. The molecule has 0 aliphatic carbocycles. The van der Waals surface area contributed by atoms with Crippen molar-refractivity contribution in [3.05, 3.63) is 53.9 Å². The van der Waals surface area contributed by atoms with E-state index >= 15 is 0 Å². The number of carbonyl (C=O) groups excluding carboxylic acids is 2. The molecular formula is C19H23N3O3. The summed E-state index contributed by atoms with van der Waals surface area (Å²) in [4.78, 5) is 26.2. The van der Waals surface area contributed by atoms with Gasteiger partial charge in [0.15, 0.2) is 6.61 Å². The van der Waals surface area contributed by atoms with E-state index in [2.05, 4.69) is 5.10 Å². The molecule has 1 fully saturated rings. The van der Waals surface area contributed by atoms with Crippen LogP contribution in [0.15, 0.2) is 42.7 Å². The zero-order chi connectivity index (χ0) is 17.6. The summed E-state index contributed by atoms with van der Waals surface area (Å²) < 4.78 is 7.00. The molecule has 0 N–H and O–H groups in total. The summed E-state index contributed by atoms with van der Waals surface area (Å²) in [5, 5.41) is 4.15. The first kappa shape index (κ1) is 17.2. The van der Waals surface area contributed by atoms with E-state index in [1.807, 2.05) is 40.9 Å². The third-order valence-electron chi connectivity index (χ3n) is 4.54. The molecular weight excluding hydrogens is 318 g/mol. The summed E-state index contributed by atoms with van der Waals surface area (Å²) in [5.74, 6) is -0.584. The fourth-order valence-electron chi connectivity index (χ4n) is 3.09. The average Bonchev–Trinajstić information content (AvgIpc) is 3.13. The molecule has 132 valence electrons. The van der Waals surface area contributed by atoms with Gasteiger partial charge in [-0.25, -0.2) is 4.79 Å². The lowest BCUT2D eigenvalue weighted by Crippen LogP contribution is -2.44. The molecule has 0 radical (unpaired) electrons. The summed E-state index contributed by atoms with van der Waals surface area (Å²) in [5.41, 5.74) is 1.49. The Bertz CT molecular complexity index is 710. The predicted molar refractivity (Wildman–Crippen MR) is 93.1 cm³/mol. The highest BCUT2D eigenvalue weighted by Gasteiger charge is 2.24. The molecule has 0 saturated carbocycles. The van der Waals surface area contributed by atoms with E-state index in [0.717, 1.165) is 31.4 Å². The first-order valence-electron chi connectivity index (χ1n) is 8.66. The molecule has 0 bridgehead atoms. The van der Waals surface area contributed by atoms with Gasteiger partial charge in [-0.1, -0.05) is 12.1 Å². The second-order valence-electron chi connectivity index (χ2n) is 6.41. The number of hydrogen-bond donors (Lipinski definition) is 0. The number of amides is 1. The maximum Gasteiger partial charge on any atom is 0.338 e. The number of esters is 1. The SMILES string of the molecule is C[C@@H]1CCCCN1C(=O)COC(=O)c1ccc(Cn2cccn2)cc1. The molecule has 1 aromatic heterocycles. The van der Waals surface area contributed by atoms with Crippen molar-refractivity contribution in [1.82, 2.24) is 14.7 Å². The van der Waals surface area contributed by atoms with Crippen molar-refractivity contribution in [3.8, 4) is 0 Å². The Morgan fingerprint density at radius 1 is 1.24 bits per heavy atom. The third-order valence-corrected chi connectivity index (χ3v) is 4.54. The molecule has 3 rings (SSSR count). The smallest absolute Gasteiger partial charge is 0.338 e. The lowest BCUT2D eigenvalue weighted by molar-refractivity contribution is -0.137. The summed E-state index contributed by atoms with van der Waals surface area (Å²) in [6.07, 6.45) is 6.79. The molecule has 1 atom stereocenters. The van der Waals surface area contributed by atoms with Crippen molar-refractivity contribution < 1.29 is 14.3 Å². The largest absolute Gasteiger partial charge is 0.452 e. The van der Waals surface area contributed by atoms with E-state index in [1.165, 1.54) is 0 Å². The minimum atomic E-state index is -0.469. The molecule has 2 aromatic rings. The second kappa shape index (κ2) is 7.96. The van der Waals surface area contributed by atoms with Gasteiger partial charge < -0.3 is 9.64 Å². The van der Waals surface area contributed by atoms with Crippen molar-refractivity contribution in [2.24, 2.45) is 0 Å². The van der Waals surface area contributed by atoms with Gasteiger partial charge in [-0.2, -0.15) is 5.10 Å². The van der Waals surface area contributed by atoms with Gasteiger partial charge in [0.1, 0.15) is 0 Å². The highest BCUT2D eigenvalue weighted by Crippen LogP contribution is 2.16. The number of hydrogen-bond acceptors (Lipinski definition) is 4. The molecule has 1 saturated heterocycles. The Morgan fingerprint density at radius 2 is 2.04 bits per heavy atom. The van der Waals surface area contributed by atoms with Crippen LogP contribution < -0.4 is 0 Å². The fourth-order valence-corrected chi connectivity index (χ4v) is 3.09. The number of piperidine rings is 1. The summed E-state index contributed by atoms with van der Waals surface area (Å²) in [6, 6.07) is 9.26. The van der Waals surface area contributed by atoms with E-state index in [0.29, 0.717) is 12.1 Å². The van der Waals surface area contributed by atoms with Gasteiger partial charge in [0.25, 0.3) is 5.91 Å². The fraction of sp³-hybridized carbons (Fsp3) is 0.421. The van der Waals surface area contributed by atoms with Gasteiger partial charge in [-0.05, 0) is 49.9 Å². The van der Waals surface area contributed by atoms with Gasteiger partial charge in [-0.3, -0.25) is 9.48 Å². The molecule has 1 aliphatic rings. The number of benzene rings is 1. The van der Waals surface area contributed by atoms with Crippen LogP contribution >= 0.6 is 0 Å². The van der Waals surface area contributed by atoms with Crippen molar-refractivity contribution in [2.45, 2.75) is 38.8 Å². The minimum Gasteiger partial charge on any atom is -0.452 e. The van der Waals surface area contributed by atoms with Crippen LogP contribution in [-0.2, 0) is 16.1 Å². The van der Waals surface area contributed by atoms with Crippen molar-refractivity contribution >= 4 is 11.9 Å². The van der Waals surface area contributed by atoms with E-state index in [1.54, 1.807) is 18.3 Å². The minimum absolute atomic E-state index is 0.115. The highest BCUT2D eigenvalue weighted by molar-refractivity contribution is 5.91. The van der Waals surface area contributed by atoms with Crippen molar-refractivity contribution in [2.75, 3.05) is 13.2 Å². The van der Waals surface area contributed by atoms with Gasteiger partial charge in [0.2, 0.25) is 0 Å². The van der Waals surface area contributed by atoms with Gasteiger partial charge in [-0.15, -0.1) is 0 Å². The predicted octanol–water partition coefficient (Wildman–Crippen LogP) is 2.49. The first-order chi connectivity index (χ1) is 12.1. The zero-order valence-corrected chi connectivity index (χ0v) is 14.4. The van der Waals surface area contributed by atoms with E-state index in [9.17, 15) is 9.59 Å². The molecule has 1 aliphatic heterocycles. The number of carbonyl (C=O) groups is 2. The van der Waals surface area contributed by atoms with Crippen LogP contribution in [0.25, 0.3) is 0 Å². The molecule has 6 heteroatoms. The van der Waals surface area contributed by atoms with Crippen LogP contribution in [-0.4, -0.2) is 45.8 Å². The van der Waals surface area contributed by atoms with Gasteiger partial charge in [0, 0.05) is 25.0 Å². The molecule has 0 unspecified atom stereocenters. The lowest BCUT2D eigenvalue weighted by atomic mass is 10.0. The number of ether oxygens (including phenoxy) is 1. The third kappa shape index (κ3) is 4.47. The summed E-state index contributed by atoms with van der Waals surface area (Å²) in [7, 11) is 0. The maximum absolute atomic E-state index is 12.2. The van der Waals surface area contributed by atoms with E-state index in [4.69, 9.17) is 4.74 Å². The lowest BCUT2D eigenvalue weighted by Gasteiger charge is -2.33. The quantitative estimate of drug-likeness (QED) is 0.784.